The van der Waals surface area contributed by atoms with Gasteiger partial charge in [0, 0.05) is 71.9 Å². The molecule has 0 atom stereocenters. The van der Waals surface area contributed by atoms with Crippen molar-refractivity contribution in [1.29, 1.82) is 0 Å². The molecule has 7 heavy (non-hydrogen) atoms. The van der Waals surface area contributed by atoms with Gasteiger partial charge in [0.05, 0.1) is 0 Å². The van der Waals surface area contributed by atoms with E-state index in [-0.39, 0.29) is 93.8 Å². The Labute approximate surface area is 92.6 Å². The molecule has 0 unspecified atom stereocenters. The van der Waals surface area contributed by atoms with Crippen molar-refractivity contribution in [3.8, 4) is 0 Å². The van der Waals surface area contributed by atoms with Crippen LogP contribution in [0.15, 0.2) is 0 Å². The van der Waals surface area contributed by atoms with Crippen LogP contribution in [0.2, 0.25) is 0 Å². The molecular weight excluding hydrogens is 216 g/mol. The molecule has 0 bridgehead atoms. The second kappa shape index (κ2) is 90.7. The van der Waals surface area contributed by atoms with Gasteiger partial charge in [0.15, 0.2) is 0 Å². The Kier molecular flexibility index (Phi) is 1710. The summed E-state index contributed by atoms with van der Waals surface area (Å²) in [6.45, 7) is 0. The summed E-state index contributed by atoms with van der Waals surface area (Å²) >= 11 is 0. The van der Waals surface area contributed by atoms with E-state index in [2.05, 4.69) is 0 Å². The molecule has 0 fully saturated rings. The fraction of sp³-hybridized carbons (Fsp3) is 0. The first-order valence-corrected chi connectivity index (χ1v) is 0. The summed E-state index contributed by atoms with van der Waals surface area (Å²) < 4.78 is 0. The fourth-order valence-corrected chi connectivity index (χ4v) is 0. The van der Waals surface area contributed by atoms with E-state index in [9.17, 15) is 0 Å². The van der Waals surface area contributed by atoms with Gasteiger partial charge in [-0.3, -0.25) is 0 Å². The predicted octanol–water partition coefficient (Wildman–Crippen LogP) is -3.68. The van der Waals surface area contributed by atoms with Gasteiger partial charge < -0.3 is 21.9 Å². The van der Waals surface area contributed by atoms with Crippen molar-refractivity contribution in [3.05, 3.63) is 0 Å². The van der Waals surface area contributed by atoms with E-state index in [0.717, 1.165) is 0 Å². The van der Waals surface area contributed by atoms with Crippen molar-refractivity contribution < 1.29 is 56.0 Å². The van der Waals surface area contributed by atoms with Crippen LogP contribution in [0, 0.1) is 0 Å². The monoisotopic (exact) mass is 224 g/mol. The molecule has 8 N–H and O–H groups in total. The van der Waals surface area contributed by atoms with Gasteiger partial charge in [0.2, 0.25) is 0 Å². The topological polar surface area (TPSA) is 126 Å². The van der Waals surface area contributed by atoms with Crippen LogP contribution in [-0.2, 0) is 34.1 Å². The number of hydrogen-bond donors (Lipinski definition) is 0. The van der Waals surface area contributed by atoms with Gasteiger partial charge >= 0.3 is 0 Å². The van der Waals surface area contributed by atoms with E-state index in [0.29, 0.717) is 0 Å². The number of hydrogen-bond acceptors (Lipinski definition) is 0. The Balaban J connectivity index is 0. The molecule has 0 saturated heterocycles. The molecule has 0 aromatic carbocycles. The summed E-state index contributed by atoms with van der Waals surface area (Å²) in [4.78, 5) is 0. The summed E-state index contributed by atoms with van der Waals surface area (Å²) in [5.74, 6) is 0. The summed E-state index contributed by atoms with van der Waals surface area (Å²) in [5, 5.41) is 0. The van der Waals surface area contributed by atoms with Crippen molar-refractivity contribution in [2.75, 3.05) is 0 Å². The quantitative estimate of drug-likeness (QED) is 0.375. The first-order valence-electron chi connectivity index (χ1n) is 0. The normalized spacial score (nSPS) is 0. The van der Waals surface area contributed by atoms with E-state index in [1.165, 1.54) is 0 Å². The largest absolute Gasteiger partial charge is 0.412 e. The van der Waals surface area contributed by atoms with Gasteiger partial charge in [-0.2, -0.15) is 0 Å². The zero-order chi connectivity index (χ0) is 0. The minimum atomic E-state index is 0. The Morgan fingerprint density at radius 1 is 0.429 bits per heavy atom. The van der Waals surface area contributed by atoms with Crippen LogP contribution < -0.4 is 0 Å². The first kappa shape index (κ1) is 132. The Morgan fingerprint density at radius 2 is 0.429 bits per heavy atom. The molecule has 0 spiro atoms. The average molecular weight is 224 g/mol. The molecular formula is H8CaFe2O4. The van der Waals surface area contributed by atoms with Gasteiger partial charge in [-0.15, -0.1) is 0 Å². The third kappa shape index (κ3) is 67.1. The van der Waals surface area contributed by atoms with E-state index >= 15 is 0 Å². The second-order valence-corrected chi connectivity index (χ2v) is 0. The van der Waals surface area contributed by atoms with Crippen molar-refractivity contribution in [1.82, 2.24) is 0 Å². The standard InChI is InChI=1S/Ca.2Fe.4H2O/h;;;4*1H2. The molecule has 0 saturated carbocycles. The van der Waals surface area contributed by atoms with Crippen LogP contribution >= 0.6 is 0 Å². The summed E-state index contributed by atoms with van der Waals surface area (Å²) in [6, 6.07) is 0. The molecule has 50 valence electrons. The van der Waals surface area contributed by atoms with Gasteiger partial charge in [0.25, 0.3) is 0 Å². The Hall–Kier alpha value is 2.14. The SMILES string of the molecule is O.O.O.O.[Ca].[Fe].[Fe]. The molecule has 0 aliphatic heterocycles. The average Bonchev–Trinajstić information content (AvgIpc) is 0. The van der Waals surface area contributed by atoms with Gasteiger partial charge in [-0.25, -0.2) is 0 Å². The molecule has 0 amide bonds. The maximum atomic E-state index is 0. The van der Waals surface area contributed by atoms with Crippen LogP contribution in [0.1, 0.15) is 0 Å². The van der Waals surface area contributed by atoms with Crippen molar-refractivity contribution in [2.24, 2.45) is 0 Å². The Bertz CT molecular complexity index is 9.65. The predicted molar refractivity (Wildman–Crippen MR) is 20.2 cm³/mol. The van der Waals surface area contributed by atoms with Gasteiger partial charge in [0.1, 0.15) is 0 Å². The molecule has 0 aliphatic carbocycles. The smallest absolute Gasteiger partial charge is 0 e. The number of rotatable bonds is 0. The fourth-order valence-electron chi connectivity index (χ4n) is 0. The van der Waals surface area contributed by atoms with Crippen molar-refractivity contribution in [3.63, 3.8) is 0 Å². The third-order valence-electron chi connectivity index (χ3n) is 0. The van der Waals surface area contributed by atoms with E-state index in [1.807, 2.05) is 0 Å². The second-order valence-electron chi connectivity index (χ2n) is 0. The van der Waals surface area contributed by atoms with E-state index < -0.39 is 0 Å². The van der Waals surface area contributed by atoms with Crippen LogP contribution in [0.3, 0.4) is 0 Å². The molecule has 4 nitrogen and oxygen atoms in total. The molecule has 0 rings (SSSR count). The Morgan fingerprint density at radius 3 is 0.429 bits per heavy atom. The molecule has 0 aliphatic rings. The van der Waals surface area contributed by atoms with Crippen LogP contribution in [0.4, 0.5) is 0 Å². The minimum Gasteiger partial charge on any atom is -0.412 e. The van der Waals surface area contributed by atoms with Crippen LogP contribution in [0.5, 0.6) is 0 Å². The molecule has 0 aromatic rings. The van der Waals surface area contributed by atoms with Crippen LogP contribution in [-0.4, -0.2) is 59.6 Å². The summed E-state index contributed by atoms with van der Waals surface area (Å²) in [7, 11) is 0. The summed E-state index contributed by atoms with van der Waals surface area (Å²) in [6.07, 6.45) is 0. The van der Waals surface area contributed by atoms with Crippen LogP contribution in [0.25, 0.3) is 0 Å². The van der Waals surface area contributed by atoms with Crippen molar-refractivity contribution >= 4 is 37.7 Å². The molecule has 0 aromatic heterocycles. The molecule has 7 heteroatoms. The van der Waals surface area contributed by atoms with Crippen molar-refractivity contribution in [2.45, 2.75) is 0 Å². The zero-order valence-corrected chi connectivity index (χ0v) is 7.83. The van der Waals surface area contributed by atoms with Gasteiger partial charge in [-0.05, 0) is 0 Å². The van der Waals surface area contributed by atoms with E-state index in [4.69, 9.17) is 0 Å². The first-order chi connectivity index (χ1) is 0. The van der Waals surface area contributed by atoms with E-state index in [1.54, 1.807) is 0 Å². The zero-order valence-electron chi connectivity index (χ0n) is 3.41. The summed E-state index contributed by atoms with van der Waals surface area (Å²) in [5.41, 5.74) is 0. The maximum Gasteiger partial charge on any atom is 0 e. The molecule has 0 heterocycles. The molecule has 2 radical (unpaired) electrons. The minimum absolute atomic E-state index is 0. The third-order valence-corrected chi connectivity index (χ3v) is 0. The van der Waals surface area contributed by atoms with Gasteiger partial charge in [-0.1, -0.05) is 0 Å². The maximum absolute atomic E-state index is 0.